The highest BCUT2D eigenvalue weighted by Crippen LogP contribution is 2.47. The zero-order valence-corrected chi connectivity index (χ0v) is 83.4. The molecule has 4 aliphatic heterocycles. The fourth-order valence-corrected chi connectivity index (χ4v) is 16.7. The number of anilines is 3. The van der Waals surface area contributed by atoms with Crippen LogP contribution in [-0.4, -0.2) is 234 Å². The molecule has 0 bridgehead atoms. The van der Waals surface area contributed by atoms with Gasteiger partial charge in [-0.2, -0.15) is 20.4 Å². The number of azide groups is 2. The fraction of sp³-hybridized carbons (Fsp3) is 0.438. The number of nitrogens with two attached hydrogens (primary N) is 1. The third kappa shape index (κ3) is 26.8. The molecule has 0 spiro atoms. The number of hydrogen-bond acceptors (Lipinski definition) is 33. The van der Waals surface area contributed by atoms with Crippen molar-refractivity contribution < 1.29 is 113 Å². The van der Waals surface area contributed by atoms with Crippen molar-refractivity contribution in [2.75, 3.05) is 117 Å². The highest BCUT2D eigenvalue weighted by atomic mass is 35.5. The lowest BCUT2D eigenvalue weighted by atomic mass is 9.96. The summed E-state index contributed by atoms with van der Waals surface area (Å²) in [7, 11) is 6.13. The molecular weight excluding hydrogens is 1920 g/mol. The van der Waals surface area contributed by atoms with Crippen molar-refractivity contribution in [3.63, 3.8) is 0 Å². The number of carbonyl (C=O) groups is 6. The van der Waals surface area contributed by atoms with Gasteiger partial charge in [-0.25, -0.2) is 84.3 Å². The number of esters is 3. The predicted octanol–water partition coefficient (Wildman–Crippen LogP) is 15.5. The van der Waals surface area contributed by atoms with E-state index in [9.17, 15) is 51.4 Å². The number of benzene rings is 4. The van der Waals surface area contributed by atoms with E-state index in [0.717, 1.165) is 5.56 Å². The Morgan fingerprint density at radius 3 is 1.05 bits per heavy atom. The van der Waals surface area contributed by atoms with Crippen LogP contribution in [0.3, 0.4) is 0 Å². The van der Waals surface area contributed by atoms with Crippen LogP contribution < -0.4 is 51.3 Å². The highest BCUT2D eigenvalue weighted by molar-refractivity contribution is 6.29. The van der Waals surface area contributed by atoms with E-state index in [-0.39, 0.29) is 100 Å². The number of hydrogen-bond donors (Lipinski definition) is 7. The van der Waals surface area contributed by atoms with Crippen molar-refractivity contribution >= 4 is 87.7 Å². The number of alkyl carbamates (subject to hydrolysis) is 2. The van der Waals surface area contributed by atoms with E-state index >= 15 is 0 Å². The number of fused-ring (bicyclic) bond motifs is 8. The van der Waals surface area contributed by atoms with Crippen LogP contribution >= 0.6 is 11.6 Å². The van der Waals surface area contributed by atoms with Crippen LogP contribution in [0.15, 0.2) is 133 Å². The average Bonchev–Trinajstić information content (AvgIpc) is 1.61. The van der Waals surface area contributed by atoms with Crippen LogP contribution in [-0.2, 0) is 68.3 Å². The van der Waals surface area contributed by atoms with Crippen LogP contribution in [0.2, 0.25) is 5.15 Å². The van der Waals surface area contributed by atoms with E-state index in [1.54, 1.807) is 118 Å². The summed E-state index contributed by atoms with van der Waals surface area (Å²) in [5.74, 6) is -0.847. The van der Waals surface area contributed by atoms with Gasteiger partial charge in [-0.1, -0.05) is 21.8 Å². The molecule has 8 aromatic heterocycles. The molecule has 44 nitrogen and oxygen atoms in total. The monoisotopic (exact) mass is 2030 g/mol. The first-order chi connectivity index (χ1) is 68.9. The molecule has 772 valence electrons. The molecule has 145 heavy (non-hydrogen) atoms. The number of rotatable bonds is 33. The van der Waals surface area contributed by atoms with E-state index < -0.39 is 105 Å². The Kier molecular flexibility index (Phi) is 35.1. The Balaban J connectivity index is 0.000000167. The molecule has 0 radical (unpaired) electrons. The maximum absolute atomic E-state index is 14.8. The topological polar surface area (TPSA) is 547 Å². The second kappa shape index (κ2) is 46.9. The molecule has 4 aliphatic rings. The van der Waals surface area contributed by atoms with Gasteiger partial charge in [0.1, 0.15) is 114 Å². The minimum Gasteiger partial charge on any atom is -0.484 e. The molecule has 8 N–H and O–H groups in total. The number of halogens is 5. The molecule has 0 saturated carbocycles. The van der Waals surface area contributed by atoms with E-state index in [1.807, 2.05) is 20.8 Å². The first kappa shape index (κ1) is 109. The van der Waals surface area contributed by atoms with Gasteiger partial charge in [0, 0.05) is 139 Å². The zero-order chi connectivity index (χ0) is 105. The second-order valence-corrected chi connectivity index (χ2v) is 36.7. The molecule has 8 atom stereocenters. The molecule has 2 amide bonds. The molecule has 0 saturated heterocycles. The zero-order valence-electron chi connectivity index (χ0n) is 82.7. The summed E-state index contributed by atoms with van der Waals surface area (Å²) in [6, 6.07) is 16.2. The molecule has 12 heterocycles. The SMILES string of the molecule is CCOC(=O)c1cnn2ccc(Cl)nc12.CCOC(=O)c1cnn2ccc(N[C@H](C)c3cc(F)cc4c3OC(CN=[N+]=[N-])(COC)C4)nc12.CCOC(=O)c1cnn2ccc(N[C@H](C)c3cc(F)cc4c3OC(CNC(=O)OC(C)(C)C)(COC)C4)nc12.COCC1(CN=[N+]=[N-])Cc2cc(F)cc([C@@H](C)N)c2O1.COCC1(CNC(=O)OC(C)(C)C)Cc2cc(F)cc([C@@H](C)Nc3ccn4ncc(C(=O)O)c4n3)c2O1. The lowest BCUT2D eigenvalue weighted by Gasteiger charge is -2.30. The quantitative estimate of drug-likeness (QED) is 0.00382. The number of carbonyl (C=O) groups excluding carboxylic acids is 5. The third-order valence-electron chi connectivity index (χ3n) is 22.5. The first-order valence-electron chi connectivity index (χ1n) is 45.8. The lowest BCUT2D eigenvalue weighted by Crippen LogP contribution is -2.50. The average molecular weight is 2030 g/mol. The summed E-state index contributed by atoms with van der Waals surface area (Å²) in [5.41, 5.74) is 25.2. The fourth-order valence-electron chi connectivity index (χ4n) is 16.6. The highest BCUT2D eigenvalue weighted by Gasteiger charge is 2.47. The summed E-state index contributed by atoms with van der Waals surface area (Å²) >= 11 is 5.72. The van der Waals surface area contributed by atoms with Crippen LogP contribution in [0.25, 0.3) is 43.5 Å². The number of amides is 2. The van der Waals surface area contributed by atoms with E-state index in [2.05, 4.69) is 87.0 Å². The summed E-state index contributed by atoms with van der Waals surface area (Å²) in [5, 5.41) is 48.3. The van der Waals surface area contributed by atoms with Gasteiger partial charge in [-0.3, -0.25) is 0 Å². The first-order valence-corrected chi connectivity index (χ1v) is 46.1. The molecule has 4 unspecified atom stereocenters. The number of ether oxygens (including phenoxy) is 13. The summed E-state index contributed by atoms with van der Waals surface area (Å²) < 4.78 is 135. The van der Waals surface area contributed by atoms with Gasteiger partial charge < -0.3 is 99.0 Å². The number of carboxylic acid groups (broad SMARTS) is 1. The van der Waals surface area contributed by atoms with Crippen molar-refractivity contribution in [1.29, 1.82) is 0 Å². The molecule has 0 aliphatic carbocycles. The Morgan fingerprint density at radius 2 is 0.745 bits per heavy atom. The van der Waals surface area contributed by atoms with Gasteiger partial charge in [0.25, 0.3) is 0 Å². The van der Waals surface area contributed by atoms with Crippen LogP contribution in [0, 0.1) is 23.3 Å². The Bertz CT molecular complexity index is 6850. The molecule has 12 aromatic rings. The normalized spacial score (nSPS) is 17.4. The van der Waals surface area contributed by atoms with E-state index in [4.69, 9.17) is 90.0 Å². The summed E-state index contributed by atoms with van der Waals surface area (Å²) in [6.07, 6.45) is 12.2. The largest absolute Gasteiger partial charge is 0.484 e. The van der Waals surface area contributed by atoms with Crippen molar-refractivity contribution in [1.82, 2.24) is 69.0 Å². The maximum Gasteiger partial charge on any atom is 0.407 e. The summed E-state index contributed by atoms with van der Waals surface area (Å²) in [6.45, 7) is 25.0. The molecule has 4 aromatic carbocycles. The maximum atomic E-state index is 14.8. The van der Waals surface area contributed by atoms with Crippen LogP contribution in [0.1, 0.15) is 200 Å². The molecule has 16 rings (SSSR count). The van der Waals surface area contributed by atoms with Gasteiger partial charge in [-0.15, -0.1) is 0 Å². The van der Waals surface area contributed by atoms with Gasteiger partial charge >= 0.3 is 36.1 Å². The minimum atomic E-state index is -1.14. The Hall–Kier alpha value is -15.2. The molecule has 0 fully saturated rings. The van der Waals surface area contributed by atoms with Gasteiger partial charge in [-0.05, 0) is 174 Å². The number of nitrogens with one attached hydrogen (secondary N) is 5. The number of aromatic nitrogens is 12. The number of methoxy groups -OCH3 is 4. The Labute approximate surface area is 833 Å². The summed E-state index contributed by atoms with van der Waals surface area (Å²) in [4.78, 5) is 94.9. The van der Waals surface area contributed by atoms with Gasteiger partial charge in [0.15, 0.2) is 33.8 Å². The lowest BCUT2D eigenvalue weighted by molar-refractivity contribution is 0.00112. The van der Waals surface area contributed by atoms with Gasteiger partial charge in [0.05, 0.1) is 115 Å². The number of aromatic carboxylic acids is 1. The molecular formula is C96H113ClF4N24O20. The van der Waals surface area contributed by atoms with Crippen molar-refractivity contribution in [3.05, 3.63) is 238 Å². The van der Waals surface area contributed by atoms with E-state index in [0.29, 0.717) is 139 Å². The number of nitrogens with zero attached hydrogens (tertiary/aromatic N) is 18. The van der Waals surface area contributed by atoms with E-state index in [1.165, 1.54) is 120 Å². The molecule has 49 heteroatoms. The van der Waals surface area contributed by atoms with Crippen molar-refractivity contribution in [2.45, 2.75) is 173 Å². The van der Waals surface area contributed by atoms with Crippen LogP contribution in [0.4, 0.5) is 44.6 Å². The minimum absolute atomic E-state index is 0.0341. The number of carboxylic acids is 1. The van der Waals surface area contributed by atoms with Crippen LogP contribution in [0.5, 0.6) is 23.0 Å². The Morgan fingerprint density at radius 1 is 0.462 bits per heavy atom. The van der Waals surface area contributed by atoms with Gasteiger partial charge in [0.2, 0.25) is 0 Å². The smallest absolute Gasteiger partial charge is 0.407 e. The predicted molar refractivity (Wildman–Crippen MR) is 518 cm³/mol. The third-order valence-corrected chi connectivity index (χ3v) is 22.7. The second-order valence-electron chi connectivity index (χ2n) is 36.3. The standard InChI is InChI=1S/C27H34FN5O6.C25H30FN5O6.C22H24FN7O4.C13H17FN4O2.C9H8ClN3O2/c1-7-37-24(34)20-13-30-33-9-8-21(32-23(20)33)31-16(2)19-11-18(28)10-17-12-27(15-36-6,38-22(17)19)14-29-25(35)39-26(3,4)5;1-14(29-19-6-7-31-21(30-19)18(11-28-31)22(32)33)17-9-16(26)8-15-10-25(13-35-5,36-20(15)17)12-27-23(34)37-24(2,3)4;1-4-33-21(31)17-10-26-30-6-5-18(28-20(17)30)27-13(2)16-8-15(23)7-14-9-22(12-32-3,11-25-29-24)34-19(14)16;1-8(15)11-4-10(14)3-9-5-13(7-19-2,6-17-18-16)20-12(9)11;1-2-15-9(14)6-5-11-13-4-3-7(10)12-8(6)13/h8-11,13,16H,7,12,14-15H2,1-6H3,(H,29,35)(H,31,32);6-9,11,14H,10,12-13H2,1-5H3,(H,27,34)(H,29,30)(H,32,33);5-8,10,13H,4,9,11-12H2,1-3H3,(H,27,28);3-4,8H,5-7,15H2,1-2H3;3-5H,2H2,1H3/t16-,27?;14-,25?;13-,22?;8-,13?;/m1111./s1. The van der Waals surface area contributed by atoms with Crippen molar-refractivity contribution in [3.8, 4) is 23.0 Å². The van der Waals surface area contributed by atoms with Crippen molar-refractivity contribution in [2.24, 2.45) is 16.0 Å².